The Kier molecular flexibility index (Phi) is 2.96. The molecule has 4 rings (SSSR count). The maximum absolute atomic E-state index is 12.0. The van der Waals surface area contributed by atoms with Crippen molar-refractivity contribution in [3.05, 3.63) is 28.5 Å². The maximum atomic E-state index is 12.0. The fraction of sp³-hybridized carbons (Fsp3) is 0.500. The summed E-state index contributed by atoms with van der Waals surface area (Å²) in [6.45, 7) is 4.00. The van der Waals surface area contributed by atoms with E-state index in [1.807, 2.05) is 6.07 Å². The molecule has 2 aliphatic heterocycles. The van der Waals surface area contributed by atoms with Crippen LogP contribution in [0.2, 0.25) is 5.02 Å². The van der Waals surface area contributed by atoms with Gasteiger partial charge in [-0.2, -0.15) is 0 Å². The number of likely N-dealkylation sites (tertiary alicyclic amines) is 1. The van der Waals surface area contributed by atoms with Crippen molar-refractivity contribution >= 4 is 28.5 Å². The summed E-state index contributed by atoms with van der Waals surface area (Å²) >= 11 is 6.08. The molecule has 1 atom stereocenters. The van der Waals surface area contributed by atoms with E-state index in [0.29, 0.717) is 17.0 Å². The first-order chi connectivity index (χ1) is 10.1. The largest absolute Gasteiger partial charge is 0.339 e. The summed E-state index contributed by atoms with van der Waals surface area (Å²) in [4.78, 5) is 18.6. The van der Waals surface area contributed by atoms with Crippen LogP contribution in [0.3, 0.4) is 0 Å². The van der Waals surface area contributed by atoms with Crippen LogP contribution in [0.5, 0.6) is 0 Å². The normalized spacial score (nSPS) is 22.1. The van der Waals surface area contributed by atoms with Gasteiger partial charge in [0.25, 0.3) is 0 Å². The van der Waals surface area contributed by atoms with Crippen LogP contribution in [-0.4, -0.2) is 32.9 Å². The quantitative estimate of drug-likeness (QED) is 0.812. The number of halogens is 1. The summed E-state index contributed by atoms with van der Waals surface area (Å²) in [6, 6.07) is 2.35. The summed E-state index contributed by atoms with van der Waals surface area (Å²) < 4.78 is 2.30. The van der Waals surface area contributed by atoms with Crippen LogP contribution < -0.4 is 0 Å². The van der Waals surface area contributed by atoms with Gasteiger partial charge in [-0.1, -0.05) is 11.6 Å². The first-order valence-corrected chi connectivity index (χ1v) is 7.95. The van der Waals surface area contributed by atoms with E-state index in [0.717, 1.165) is 49.8 Å². The number of pyridine rings is 1. The molecular weight excluding hydrogens is 286 g/mol. The van der Waals surface area contributed by atoms with Crippen LogP contribution in [0.1, 0.15) is 30.5 Å². The fourth-order valence-corrected chi connectivity index (χ4v) is 4.00. The van der Waals surface area contributed by atoms with Crippen molar-refractivity contribution in [2.45, 2.75) is 45.2 Å². The third-order valence-electron chi connectivity index (χ3n) is 4.92. The third kappa shape index (κ3) is 1.96. The van der Waals surface area contributed by atoms with E-state index >= 15 is 0 Å². The Bertz CT molecular complexity index is 737. The molecular formula is C16H18ClN3O. The Morgan fingerprint density at radius 2 is 2.24 bits per heavy atom. The first-order valence-electron chi connectivity index (χ1n) is 7.58. The molecule has 2 aromatic rings. The number of aromatic nitrogens is 2. The van der Waals surface area contributed by atoms with Crippen LogP contribution >= 0.6 is 11.6 Å². The number of carbonyl (C=O) groups excluding carboxylic acids is 1. The molecule has 21 heavy (non-hydrogen) atoms. The van der Waals surface area contributed by atoms with E-state index in [2.05, 4.69) is 21.4 Å². The fourth-order valence-electron chi connectivity index (χ4n) is 3.84. The van der Waals surface area contributed by atoms with Gasteiger partial charge < -0.3 is 9.47 Å². The highest BCUT2D eigenvalue weighted by Crippen LogP contribution is 2.32. The lowest BCUT2D eigenvalue weighted by Crippen LogP contribution is -2.41. The van der Waals surface area contributed by atoms with Crippen LogP contribution in [0, 0.1) is 6.92 Å². The highest BCUT2D eigenvalue weighted by molar-refractivity contribution is 6.31. The van der Waals surface area contributed by atoms with E-state index in [4.69, 9.17) is 11.6 Å². The molecule has 0 bridgehead atoms. The lowest BCUT2D eigenvalue weighted by atomic mass is 10.00. The molecule has 1 saturated heterocycles. The predicted octanol–water partition coefficient (Wildman–Crippen LogP) is 2.94. The van der Waals surface area contributed by atoms with Crippen LogP contribution in [0.25, 0.3) is 11.0 Å². The van der Waals surface area contributed by atoms with E-state index in [-0.39, 0.29) is 0 Å². The summed E-state index contributed by atoms with van der Waals surface area (Å²) in [7, 11) is 0. The second kappa shape index (κ2) is 4.73. The van der Waals surface area contributed by atoms with Crippen molar-refractivity contribution in [1.29, 1.82) is 0 Å². The minimum absolute atomic E-state index is 0.323. The third-order valence-corrected chi connectivity index (χ3v) is 5.12. The van der Waals surface area contributed by atoms with Gasteiger partial charge in [0.15, 0.2) is 0 Å². The van der Waals surface area contributed by atoms with E-state index in [1.165, 1.54) is 11.3 Å². The second-order valence-corrected chi connectivity index (χ2v) is 6.52. The lowest BCUT2D eigenvalue weighted by Gasteiger charge is -2.32. The molecule has 5 heteroatoms. The number of hydrogen-bond donors (Lipinski definition) is 0. The van der Waals surface area contributed by atoms with Crippen molar-refractivity contribution < 1.29 is 4.79 Å². The molecule has 2 aliphatic rings. The molecule has 0 radical (unpaired) electrons. The Morgan fingerprint density at radius 1 is 1.38 bits per heavy atom. The van der Waals surface area contributed by atoms with Gasteiger partial charge in [-0.15, -0.1) is 0 Å². The van der Waals surface area contributed by atoms with E-state index in [9.17, 15) is 4.79 Å². The van der Waals surface area contributed by atoms with Gasteiger partial charge in [-0.25, -0.2) is 4.98 Å². The molecule has 1 fully saturated rings. The number of nitrogens with zero attached hydrogens (tertiary/aromatic N) is 3. The molecule has 1 amide bonds. The number of aryl methyl sites for hydroxylation is 2. The Labute approximate surface area is 128 Å². The number of fused-ring (bicyclic) bond motifs is 3. The van der Waals surface area contributed by atoms with Gasteiger partial charge in [0.1, 0.15) is 5.65 Å². The summed E-state index contributed by atoms with van der Waals surface area (Å²) in [5.74, 6) is 0.323. The molecule has 0 aromatic carbocycles. The van der Waals surface area contributed by atoms with Gasteiger partial charge in [0.05, 0.1) is 5.02 Å². The SMILES string of the molecule is Cc1c2n(c3ncc(Cl)cc13)CCC(N1CCCC1=O)C2. The molecule has 4 nitrogen and oxygen atoms in total. The number of amides is 1. The van der Waals surface area contributed by atoms with Crippen molar-refractivity contribution in [2.75, 3.05) is 6.54 Å². The Balaban J connectivity index is 1.75. The zero-order valence-electron chi connectivity index (χ0n) is 12.1. The molecule has 1 unspecified atom stereocenters. The average molecular weight is 304 g/mol. The highest BCUT2D eigenvalue weighted by atomic mass is 35.5. The first kappa shape index (κ1) is 13.1. The lowest BCUT2D eigenvalue weighted by molar-refractivity contribution is -0.130. The molecule has 0 N–H and O–H groups in total. The van der Waals surface area contributed by atoms with Crippen molar-refractivity contribution in [1.82, 2.24) is 14.5 Å². The van der Waals surface area contributed by atoms with Crippen molar-refractivity contribution in [3.8, 4) is 0 Å². The van der Waals surface area contributed by atoms with Gasteiger partial charge in [0.2, 0.25) is 5.91 Å². The predicted molar refractivity (Wildman–Crippen MR) is 82.5 cm³/mol. The summed E-state index contributed by atoms with van der Waals surface area (Å²) in [5.41, 5.74) is 3.60. The van der Waals surface area contributed by atoms with E-state index in [1.54, 1.807) is 6.20 Å². The van der Waals surface area contributed by atoms with Crippen molar-refractivity contribution in [3.63, 3.8) is 0 Å². The second-order valence-electron chi connectivity index (χ2n) is 6.09. The van der Waals surface area contributed by atoms with Crippen molar-refractivity contribution in [2.24, 2.45) is 0 Å². The molecule has 4 heterocycles. The number of hydrogen-bond acceptors (Lipinski definition) is 2. The van der Waals surface area contributed by atoms with Crippen LogP contribution in [0.15, 0.2) is 12.3 Å². The number of carbonyl (C=O) groups is 1. The van der Waals surface area contributed by atoms with Gasteiger partial charge >= 0.3 is 0 Å². The highest BCUT2D eigenvalue weighted by Gasteiger charge is 2.32. The van der Waals surface area contributed by atoms with Crippen LogP contribution in [-0.2, 0) is 17.8 Å². The number of rotatable bonds is 1. The Hall–Kier alpha value is -1.55. The Morgan fingerprint density at radius 3 is 3.00 bits per heavy atom. The minimum Gasteiger partial charge on any atom is -0.339 e. The van der Waals surface area contributed by atoms with Gasteiger partial charge in [0, 0.05) is 49.2 Å². The molecule has 0 aliphatic carbocycles. The van der Waals surface area contributed by atoms with Gasteiger partial charge in [-0.3, -0.25) is 4.79 Å². The molecule has 0 spiro atoms. The smallest absolute Gasteiger partial charge is 0.222 e. The molecule has 110 valence electrons. The minimum atomic E-state index is 0.323. The van der Waals surface area contributed by atoms with Gasteiger partial charge in [-0.05, 0) is 31.4 Å². The monoisotopic (exact) mass is 303 g/mol. The zero-order chi connectivity index (χ0) is 14.6. The molecule has 0 saturated carbocycles. The summed E-state index contributed by atoms with van der Waals surface area (Å²) in [6.07, 6.45) is 5.40. The summed E-state index contributed by atoms with van der Waals surface area (Å²) in [5, 5.41) is 1.82. The molecule has 2 aromatic heterocycles. The maximum Gasteiger partial charge on any atom is 0.222 e. The zero-order valence-corrected chi connectivity index (χ0v) is 12.9. The van der Waals surface area contributed by atoms with E-state index < -0.39 is 0 Å². The topological polar surface area (TPSA) is 38.1 Å². The average Bonchev–Trinajstić information content (AvgIpc) is 3.02. The van der Waals surface area contributed by atoms with Crippen LogP contribution in [0.4, 0.5) is 0 Å². The standard InChI is InChI=1S/C16H18ClN3O/c1-10-13-7-11(17)9-18-16(13)20-6-4-12(8-14(10)20)19-5-2-3-15(19)21/h7,9,12H,2-6,8H2,1H3.